The summed E-state index contributed by atoms with van der Waals surface area (Å²) in [4.78, 5) is 12.8. The average molecular weight is 323 g/mol. The topological polar surface area (TPSA) is 86.0 Å². The summed E-state index contributed by atoms with van der Waals surface area (Å²) >= 11 is 0. The van der Waals surface area contributed by atoms with Crippen LogP contribution in [0.5, 0.6) is 5.75 Å². The second-order valence-corrected chi connectivity index (χ2v) is 5.97. The van der Waals surface area contributed by atoms with Crippen molar-refractivity contribution in [3.63, 3.8) is 0 Å². The van der Waals surface area contributed by atoms with E-state index in [9.17, 15) is 0 Å². The SMILES string of the molecule is COc1ccc(C(Nc2ncnc3nc(N)ccc23)C(C)C)cc1. The van der Waals surface area contributed by atoms with Crippen molar-refractivity contribution in [2.75, 3.05) is 18.2 Å². The number of aromatic nitrogens is 3. The van der Waals surface area contributed by atoms with Crippen LogP contribution in [0.1, 0.15) is 25.5 Å². The molecule has 0 radical (unpaired) electrons. The Bertz CT molecular complexity index is 832. The van der Waals surface area contributed by atoms with Gasteiger partial charge >= 0.3 is 0 Å². The number of ether oxygens (including phenoxy) is 1. The molecule has 0 saturated carbocycles. The Balaban J connectivity index is 1.96. The third-order valence-corrected chi connectivity index (χ3v) is 3.95. The zero-order chi connectivity index (χ0) is 17.1. The van der Waals surface area contributed by atoms with Crippen molar-refractivity contribution in [2.24, 2.45) is 5.92 Å². The first-order valence-corrected chi connectivity index (χ1v) is 7.86. The predicted molar refractivity (Wildman–Crippen MR) is 95.9 cm³/mol. The molecule has 6 nitrogen and oxygen atoms in total. The molecule has 2 heterocycles. The number of anilines is 2. The van der Waals surface area contributed by atoms with Gasteiger partial charge in [-0.1, -0.05) is 26.0 Å². The Morgan fingerprint density at radius 3 is 2.46 bits per heavy atom. The standard InChI is InChI=1S/C18H21N5O/c1-11(2)16(12-4-6-13(24-3)7-5-12)23-18-14-8-9-15(19)22-17(14)20-10-21-18/h4-11,16H,1-3H3,(H3,19,20,21,22,23). The second kappa shape index (κ2) is 6.70. The summed E-state index contributed by atoms with van der Waals surface area (Å²) in [7, 11) is 1.67. The fourth-order valence-corrected chi connectivity index (χ4v) is 2.67. The van der Waals surface area contributed by atoms with Gasteiger partial charge in [-0.05, 0) is 35.7 Å². The average Bonchev–Trinajstić information content (AvgIpc) is 2.59. The lowest BCUT2D eigenvalue weighted by molar-refractivity contribution is 0.414. The van der Waals surface area contributed by atoms with Crippen molar-refractivity contribution in [3.8, 4) is 5.75 Å². The van der Waals surface area contributed by atoms with E-state index < -0.39 is 0 Å². The highest BCUT2D eigenvalue weighted by molar-refractivity contribution is 5.87. The van der Waals surface area contributed by atoms with Crippen LogP contribution in [0.2, 0.25) is 0 Å². The van der Waals surface area contributed by atoms with Crippen LogP contribution < -0.4 is 15.8 Å². The Labute approximate surface area is 141 Å². The number of pyridine rings is 1. The smallest absolute Gasteiger partial charge is 0.166 e. The van der Waals surface area contributed by atoms with Crippen molar-refractivity contribution in [2.45, 2.75) is 19.9 Å². The number of rotatable bonds is 5. The Kier molecular flexibility index (Phi) is 4.46. The van der Waals surface area contributed by atoms with Crippen molar-refractivity contribution in [3.05, 3.63) is 48.3 Å². The zero-order valence-electron chi connectivity index (χ0n) is 14.0. The molecule has 0 fully saturated rings. The summed E-state index contributed by atoms with van der Waals surface area (Å²) in [5, 5.41) is 4.37. The van der Waals surface area contributed by atoms with E-state index in [1.807, 2.05) is 18.2 Å². The Morgan fingerprint density at radius 1 is 1.04 bits per heavy atom. The number of nitrogens with one attached hydrogen (secondary N) is 1. The first-order valence-electron chi connectivity index (χ1n) is 7.86. The third kappa shape index (κ3) is 3.22. The van der Waals surface area contributed by atoms with E-state index in [0.29, 0.717) is 17.4 Å². The normalized spacial score (nSPS) is 12.3. The van der Waals surface area contributed by atoms with Crippen molar-refractivity contribution < 1.29 is 4.74 Å². The number of methoxy groups -OCH3 is 1. The molecule has 1 aromatic carbocycles. The van der Waals surface area contributed by atoms with Gasteiger partial charge in [-0.15, -0.1) is 0 Å². The van der Waals surface area contributed by atoms with Crippen molar-refractivity contribution in [1.29, 1.82) is 0 Å². The number of nitrogens with zero attached hydrogens (tertiary/aromatic N) is 3. The van der Waals surface area contributed by atoms with Gasteiger partial charge in [-0.25, -0.2) is 15.0 Å². The molecule has 0 aliphatic rings. The molecule has 3 N–H and O–H groups in total. The molecule has 0 amide bonds. The lowest BCUT2D eigenvalue weighted by Gasteiger charge is -2.24. The minimum Gasteiger partial charge on any atom is -0.497 e. The highest BCUT2D eigenvalue weighted by atomic mass is 16.5. The fraction of sp³-hybridized carbons (Fsp3) is 0.278. The van der Waals surface area contributed by atoms with Crippen LogP contribution in [-0.2, 0) is 0 Å². The molecular formula is C18H21N5O. The monoisotopic (exact) mass is 323 g/mol. The summed E-state index contributed by atoms with van der Waals surface area (Å²) in [6.45, 7) is 4.34. The van der Waals surface area contributed by atoms with Gasteiger partial charge in [0, 0.05) is 0 Å². The molecule has 0 spiro atoms. The summed E-state index contributed by atoms with van der Waals surface area (Å²) in [5.41, 5.74) is 7.49. The van der Waals surface area contributed by atoms with Crippen LogP contribution >= 0.6 is 0 Å². The van der Waals surface area contributed by atoms with Gasteiger partial charge in [0.05, 0.1) is 18.5 Å². The van der Waals surface area contributed by atoms with E-state index in [4.69, 9.17) is 10.5 Å². The molecule has 124 valence electrons. The summed E-state index contributed by atoms with van der Waals surface area (Å²) in [5.74, 6) is 2.41. The zero-order valence-corrected chi connectivity index (χ0v) is 14.0. The van der Waals surface area contributed by atoms with Gasteiger partial charge in [-0.2, -0.15) is 0 Å². The molecule has 0 bridgehead atoms. The van der Waals surface area contributed by atoms with E-state index in [1.54, 1.807) is 13.2 Å². The van der Waals surface area contributed by atoms with Gasteiger partial charge in [0.15, 0.2) is 5.65 Å². The number of fused-ring (bicyclic) bond motifs is 1. The summed E-state index contributed by atoms with van der Waals surface area (Å²) < 4.78 is 5.24. The van der Waals surface area contributed by atoms with E-state index in [1.165, 1.54) is 11.9 Å². The molecule has 1 unspecified atom stereocenters. The van der Waals surface area contributed by atoms with E-state index in [-0.39, 0.29) is 6.04 Å². The van der Waals surface area contributed by atoms with Gasteiger partial charge in [0.25, 0.3) is 0 Å². The molecule has 24 heavy (non-hydrogen) atoms. The number of nitrogen functional groups attached to an aromatic ring is 1. The quantitative estimate of drug-likeness (QED) is 0.748. The first kappa shape index (κ1) is 16.0. The maximum atomic E-state index is 5.74. The maximum absolute atomic E-state index is 5.74. The highest BCUT2D eigenvalue weighted by Gasteiger charge is 2.18. The predicted octanol–water partition coefficient (Wildman–Crippen LogP) is 3.42. The summed E-state index contributed by atoms with van der Waals surface area (Å²) in [6.07, 6.45) is 1.50. The third-order valence-electron chi connectivity index (χ3n) is 3.95. The number of hydrogen-bond acceptors (Lipinski definition) is 6. The van der Waals surface area contributed by atoms with Crippen molar-refractivity contribution in [1.82, 2.24) is 15.0 Å². The van der Waals surface area contributed by atoms with E-state index in [0.717, 1.165) is 17.0 Å². The van der Waals surface area contributed by atoms with E-state index in [2.05, 4.69) is 46.2 Å². The van der Waals surface area contributed by atoms with Crippen molar-refractivity contribution >= 4 is 22.7 Å². The van der Waals surface area contributed by atoms with Crippen LogP contribution in [0.3, 0.4) is 0 Å². The van der Waals surface area contributed by atoms with Gasteiger partial charge in [0.2, 0.25) is 0 Å². The van der Waals surface area contributed by atoms with Crippen LogP contribution in [0.15, 0.2) is 42.7 Å². The molecule has 3 rings (SSSR count). The molecule has 2 aromatic heterocycles. The lowest BCUT2D eigenvalue weighted by atomic mass is 9.96. The van der Waals surface area contributed by atoms with Gasteiger partial charge < -0.3 is 15.8 Å². The number of nitrogens with two attached hydrogens (primary N) is 1. The number of hydrogen-bond donors (Lipinski definition) is 2. The second-order valence-electron chi connectivity index (χ2n) is 5.97. The highest BCUT2D eigenvalue weighted by Crippen LogP contribution is 2.29. The van der Waals surface area contributed by atoms with Gasteiger partial charge in [0.1, 0.15) is 23.7 Å². The maximum Gasteiger partial charge on any atom is 0.166 e. The van der Waals surface area contributed by atoms with Crippen LogP contribution in [0.25, 0.3) is 11.0 Å². The molecule has 6 heteroatoms. The fourth-order valence-electron chi connectivity index (χ4n) is 2.67. The van der Waals surface area contributed by atoms with Crippen LogP contribution in [0, 0.1) is 5.92 Å². The minimum absolute atomic E-state index is 0.103. The van der Waals surface area contributed by atoms with Crippen LogP contribution in [-0.4, -0.2) is 22.1 Å². The molecule has 0 aliphatic heterocycles. The summed E-state index contributed by atoms with van der Waals surface area (Å²) in [6, 6.07) is 11.8. The Morgan fingerprint density at radius 2 is 1.79 bits per heavy atom. The van der Waals surface area contributed by atoms with Gasteiger partial charge in [-0.3, -0.25) is 0 Å². The number of benzene rings is 1. The molecule has 0 aliphatic carbocycles. The largest absolute Gasteiger partial charge is 0.497 e. The Hall–Kier alpha value is -2.89. The first-order chi connectivity index (χ1) is 11.6. The molecule has 0 saturated heterocycles. The molecule has 3 aromatic rings. The molecular weight excluding hydrogens is 302 g/mol. The molecule has 1 atom stereocenters. The lowest BCUT2D eigenvalue weighted by Crippen LogP contribution is -2.18. The van der Waals surface area contributed by atoms with E-state index >= 15 is 0 Å². The van der Waals surface area contributed by atoms with Crippen LogP contribution in [0.4, 0.5) is 11.6 Å². The minimum atomic E-state index is 0.103.